The summed E-state index contributed by atoms with van der Waals surface area (Å²) in [4.78, 5) is 10.5. The van der Waals surface area contributed by atoms with Crippen LogP contribution in [-0.2, 0) is 0 Å². The smallest absolute Gasteiger partial charge is 0.280 e. The quantitative estimate of drug-likeness (QED) is 0.306. The molecule has 104 valence electrons. The second-order valence-corrected chi connectivity index (χ2v) is 4.45. The maximum absolute atomic E-state index is 11.0. The van der Waals surface area contributed by atoms with Crippen molar-refractivity contribution >= 4 is 29.0 Å². The number of nitriles is 1. The molecule has 0 aliphatic carbocycles. The van der Waals surface area contributed by atoms with Gasteiger partial charge in [0.25, 0.3) is 5.69 Å². The fourth-order valence-corrected chi connectivity index (χ4v) is 1.82. The monoisotopic (exact) mass is 299 g/mol. The van der Waals surface area contributed by atoms with E-state index in [9.17, 15) is 10.1 Å². The van der Waals surface area contributed by atoms with Crippen molar-refractivity contribution in [1.29, 1.82) is 5.26 Å². The molecule has 2 aromatic rings. The van der Waals surface area contributed by atoms with E-state index in [4.69, 9.17) is 27.6 Å². The topological polar surface area (TPSA) is 106 Å². The average molecular weight is 299 g/mol. The lowest BCUT2D eigenvalue weighted by Crippen LogP contribution is -2.09. The molecule has 21 heavy (non-hydrogen) atoms. The molecule has 0 spiro atoms. The fourth-order valence-electron chi connectivity index (χ4n) is 1.72. The molecule has 1 aromatic carbocycles. The second-order valence-electron chi connectivity index (χ2n) is 4.01. The number of hydrogen-bond acceptors (Lipinski definition) is 5. The molecule has 0 aliphatic rings. The van der Waals surface area contributed by atoms with Crippen LogP contribution in [0.25, 0.3) is 17.4 Å². The zero-order valence-electron chi connectivity index (χ0n) is 10.6. The van der Waals surface area contributed by atoms with E-state index in [0.717, 1.165) is 0 Å². The Kier molecular flexibility index (Phi) is 4.11. The van der Waals surface area contributed by atoms with Gasteiger partial charge >= 0.3 is 0 Å². The van der Waals surface area contributed by atoms with Crippen molar-refractivity contribution in [2.24, 2.45) is 5.73 Å². The van der Waals surface area contributed by atoms with Gasteiger partial charge in [-0.05, 0) is 18.2 Å². The van der Waals surface area contributed by atoms with Crippen LogP contribution >= 0.6 is 12.2 Å². The molecule has 2 N–H and O–H groups in total. The van der Waals surface area contributed by atoms with Crippen LogP contribution in [0.5, 0.6) is 0 Å². The molecule has 0 fully saturated rings. The molecule has 0 radical (unpaired) electrons. The molecule has 0 atom stereocenters. The van der Waals surface area contributed by atoms with Crippen molar-refractivity contribution in [3.05, 3.63) is 57.8 Å². The summed E-state index contributed by atoms with van der Waals surface area (Å²) in [6.07, 6.45) is 1.39. The van der Waals surface area contributed by atoms with Gasteiger partial charge in [-0.3, -0.25) is 10.1 Å². The Balaban J connectivity index is 2.45. The Bertz CT molecular complexity index is 787. The van der Waals surface area contributed by atoms with Crippen LogP contribution < -0.4 is 5.73 Å². The van der Waals surface area contributed by atoms with E-state index in [0.29, 0.717) is 17.1 Å². The average Bonchev–Trinajstić information content (AvgIpc) is 2.92. The van der Waals surface area contributed by atoms with E-state index >= 15 is 0 Å². The highest BCUT2D eigenvalue weighted by molar-refractivity contribution is 7.80. The number of furan rings is 1. The van der Waals surface area contributed by atoms with Crippen LogP contribution in [-0.4, -0.2) is 9.91 Å². The molecular weight excluding hydrogens is 290 g/mol. The van der Waals surface area contributed by atoms with Gasteiger partial charge in [-0.2, -0.15) is 5.26 Å². The van der Waals surface area contributed by atoms with E-state index in [-0.39, 0.29) is 16.2 Å². The summed E-state index contributed by atoms with van der Waals surface area (Å²) in [5.41, 5.74) is 5.79. The number of benzene rings is 1. The molecule has 0 unspecified atom stereocenters. The van der Waals surface area contributed by atoms with Crippen LogP contribution in [0, 0.1) is 21.4 Å². The number of nitrogens with zero attached hydrogens (tertiary/aromatic N) is 2. The number of thiocarbonyl (C=S) groups is 1. The summed E-state index contributed by atoms with van der Waals surface area (Å²) in [6.45, 7) is 0. The largest absolute Gasteiger partial charge is 0.456 e. The Morgan fingerprint density at radius 3 is 2.71 bits per heavy atom. The molecule has 1 aromatic heterocycles. The first kappa shape index (κ1) is 14.4. The lowest BCUT2D eigenvalue weighted by Gasteiger charge is -1.98. The van der Waals surface area contributed by atoms with Gasteiger partial charge in [-0.1, -0.05) is 24.4 Å². The minimum absolute atomic E-state index is 0.0406. The van der Waals surface area contributed by atoms with Crippen molar-refractivity contribution in [3.63, 3.8) is 0 Å². The Hall–Kier alpha value is -2.98. The number of nitro groups is 1. The maximum atomic E-state index is 11.0. The van der Waals surface area contributed by atoms with Gasteiger partial charge in [0.15, 0.2) is 0 Å². The predicted octanol–water partition coefficient (Wildman–Crippen LogP) is 3.05. The zero-order chi connectivity index (χ0) is 15.4. The molecule has 0 saturated heterocycles. The van der Waals surface area contributed by atoms with Crippen LogP contribution in [0.1, 0.15) is 5.76 Å². The minimum atomic E-state index is -0.483. The summed E-state index contributed by atoms with van der Waals surface area (Å²) in [5.74, 6) is 0.668. The molecule has 0 amide bonds. The minimum Gasteiger partial charge on any atom is -0.456 e. The van der Waals surface area contributed by atoms with E-state index in [1.54, 1.807) is 30.3 Å². The van der Waals surface area contributed by atoms with Crippen molar-refractivity contribution in [2.45, 2.75) is 0 Å². The van der Waals surface area contributed by atoms with Crippen LogP contribution in [0.15, 0.2) is 46.4 Å². The van der Waals surface area contributed by atoms with Gasteiger partial charge in [-0.25, -0.2) is 0 Å². The van der Waals surface area contributed by atoms with Crippen molar-refractivity contribution in [1.82, 2.24) is 0 Å². The van der Waals surface area contributed by atoms with Gasteiger partial charge in [-0.15, -0.1) is 0 Å². The van der Waals surface area contributed by atoms with Gasteiger partial charge in [0.2, 0.25) is 0 Å². The molecule has 0 bridgehead atoms. The summed E-state index contributed by atoms with van der Waals surface area (Å²) >= 11 is 4.73. The first-order valence-electron chi connectivity index (χ1n) is 5.78. The molecule has 7 heteroatoms. The summed E-state index contributed by atoms with van der Waals surface area (Å²) in [6, 6.07) is 11.3. The lowest BCUT2D eigenvalue weighted by molar-refractivity contribution is -0.384. The zero-order valence-corrected chi connectivity index (χ0v) is 11.5. The van der Waals surface area contributed by atoms with Gasteiger partial charge in [0, 0.05) is 12.1 Å². The third kappa shape index (κ3) is 3.13. The highest BCUT2D eigenvalue weighted by Gasteiger charge is 2.17. The Labute approximate surface area is 125 Å². The number of hydrogen-bond donors (Lipinski definition) is 1. The Morgan fingerprint density at radius 2 is 2.10 bits per heavy atom. The van der Waals surface area contributed by atoms with Crippen LogP contribution in [0.2, 0.25) is 0 Å². The highest BCUT2D eigenvalue weighted by atomic mass is 32.1. The second kappa shape index (κ2) is 5.98. The SMILES string of the molecule is N#C/C(=C\c1ccc(-c2ccccc2[N+](=O)[O-])o1)C(N)=S. The highest BCUT2D eigenvalue weighted by Crippen LogP contribution is 2.31. The van der Waals surface area contributed by atoms with Crippen LogP contribution in [0.4, 0.5) is 5.69 Å². The predicted molar refractivity (Wildman–Crippen MR) is 81.2 cm³/mol. The third-order valence-electron chi connectivity index (χ3n) is 2.67. The molecule has 2 rings (SSSR count). The first-order chi connectivity index (χ1) is 10.0. The summed E-state index contributed by atoms with van der Waals surface area (Å²) in [5, 5.41) is 19.9. The van der Waals surface area contributed by atoms with E-state index in [1.807, 2.05) is 6.07 Å². The molecular formula is C14H9N3O3S. The normalized spacial score (nSPS) is 10.9. The van der Waals surface area contributed by atoms with Crippen LogP contribution in [0.3, 0.4) is 0 Å². The summed E-state index contributed by atoms with van der Waals surface area (Å²) in [7, 11) is 0. The van der Waals surface area contributed by atoms with E-state index in [1.165, 1.54) is 12.1 Å². The lowest BCUT2D eigenvalue weighted by atomic mass is 10.1. The summed E-state index contributed by atoms with van der Waals surface area (Å²) < 4.78 is 5.50. The van der Waals surface area contributed by atoms with Crippen molar-refractivity contribution in [2.75, 3.05) is 0 Å². The van der Waals surface area contributed by atoms with E-state index in [2.05, 4.69) is 0 Å². The standard InChI is InChI=1S/C14H9N3O3S/c15-8-9(14(16)21)7-10-5-6-13(20-10)11-3-1-2-4-12(11)17(18)19/h1-7H,(H2,16,21)/b9-7+. The van der Waals surface area contributed by atoms with Gasteiger partial charge < -0.3 is 10.2 Å². The van der Waals surface area contributed by atoms with Gasteiger partial charge in [0.1, 0.15) is 22.6 Å². The number of nitro benzene ring substituents is 1. The molecule has 0 aliphatic heterocycles. The Morgan fingerprint density at radius 1 is 1.38 bits per heavy atom. The first-order valence-corrected chi connectivity index (χ1v) is 6.19. The maximum Gasteiger partial charge on any atom is 0.280 e. The molecule has 0 saturated carbocycles. The van der Waals surface area contributed by atoms with Crippen molar-refractivity contribution < 1.29 is 9.34 Å². The number of nitrogens with two attached hydrogens (primary N) is 1. The fraction of sp³-hybridized carbons (Fsp3) is 0. The number of rotatable bonds is 4. The molecule has 6 nitrogen and oxygen atoms in total. The van der Waals surface area contributed by atoms with E-state index < -0.39 is 4.92 Å². The van der Waals surface area contributed by atoms with Crippen molar-refractivity contribution in [3.8, 4) is 17.4 Å². The third-order valence-corrected chi connectivity index (χ3v) is 2.89. The van der Waals surface area contributed by atoms with Gasteiger partial charge in [0.05, 0.1) is 16.1 Å². The number of para-hydroxylation sites is 1. The molecule has 1 heterocycles.